The molecule has 0 aromatic heterocycles. The highest BCUT2D eigenvalue weighted by Crippen LogP contribution is 2.45. The first-order chi connectivity index (χ1) is 45.2. The summed E-state index contributed by atoms with van der Waals surface area (Å²) in [5.74, 6) is -1.65. The quantitative estimate of drug-likeness (QED) is 0.0146. The van der Waals surface area contributed by atoms with Gasteiger partial charge in [0.25, 0.3) is 0 Å². The molecule has 0 saturated carbocycles. The van der Waals surface area contributed by atoms with Gasteiger partial charge in [-0.2, -0.15) is 0 Å². The molecule has 93 heavy (non-hydrogen) atoms. The molecule has 0 saturated heterocycles. The number of carbonyl (C=O) groups excluding carboxylic acids is 3. The van der Waals surface area contributed by atoms with Gasteiger partial charge in [0.2, 0.25) is 0 Å². The summed E-state index contributed by atoms with van der Waals surface area (Å²) in [6.07, 6.45) is 81.4. The van der Waals surface area contributed by atoms with E-state index in [1.807, 2.05) is 0 Å². The minimum absolute atomic E-state index is 0.0778. The number of esters is 3. The Balaban J connectivity index is 4.80. The van der Waals surface area contributed by atoms with Gasteiger partial charge in [-0.05, 0) is 141 Å². The van der Waals surface area contributed by atoms with Gasteiger partial charge >= 0.3 is 33.6 Å². The Morgan fingerprint density at radius 2 is 0.538 bits per heavy atom. The Hall–Kier alpha value is -4.83. The second-order valence-corrected chi connectivity index (χ2v) is 25.4. The number of phosphoric acid groups is 2. The normalized spacial score (nSPS) is 15.1. The molecule has 0 spiro atoms. The molecular formula is C75H122O16P2. The monoisotopic (exact) mass is 1340 g/mol. The molecule has 4 N–H and O–H groups in total. The molecular weight excluding hydrogens is 1220 g/mol. The molecule has 528 valence electrons. The Labute approximate surface area is 561 Å². The minimum Gasteiger partial charge on any atom is -0.463 e. The van der Waals surface area contributed by atoms with Crippen LogP contribution in [0, 0.1) is 0 Å². The molecule has 18 heteroatoms. The maximum Gasteiger partial charge on any atom is 0.472 e. The molecule has 0 bridgehead atoms. The summed E-state index contributed by atoms with van der Waals surface area (Å²) >= 11 is 0. The van der Waals surface area contributed by atoms with E-state index in [-0.39, 0.29) is 19.3 Å². The van der Waals surface area contributed by atoms with Crippen molar-refractivity contribution in [1.29, 1.82) is 0 Å². The molecule has 0 radical (unpaired) electrons. The van der Waals surface area contributed by atoms with Crippen LogP contribution in [0.1, 0.15) is 239 Å². The smallest absolute Gasteiger partial charge is 0.463 e. The third kappa shape index (κ3) is 68.4. The van der Waals surface area contributed by atoms with Gasteiger partial charge in [0, 0.05) is 19.3 Å². The van der Waals surface area contributed by atoms with Crippen LogP contribution in [-0.4, -0.2) is 95.9 Å². The lowest BCUT2D eigenvalue weighted by molar-refractivity contribution is -0.161. The average Bonchev–Trinajstić information content (AvgIpc) is 3.57. The average molecular weight is 1340 g/mol. The summed E-state index contributed by atoms with van der Waals surface area (Å²) in [5, 5.41) is 20.6. The number of unbranched alkanes of at least 4 members (excludes halogenated alkanes) is 15. The summed E-state index contributed by atoms with van der Waals surface area (Å²) < 4.78 is 60.9. The molecule has 5 unspecified atom stereocenters. The van der Waals surface area contributed by atoms with Gasteiger partial charge in [0.05, 0.1) is 26.4 Å². The second-order valence-electron chi connectivity index (χ2n) is 22.5. The lowest BCUT2D eigenvalue weighted by atomic mass is 10.1. The summed E-state index contributed by atoms with van der Waals surface area (Å²) in [6.45, 7) is 2.23. The van der Waals surface area contributed by atoms with Gasteiger partial charge < -0.3 is 34.2 Å². The molecule has 0 aliphatic rings. The molecule has 0 rings (SSSR count). The maximum atomic E-state index is 13.0. The van der Waals surface area contributed by atoms with Crippen molar-refractivity contribution in [3.63, 3.8) is 0 Å². The van der Waals surface area contributed by atoms with Crippen LogP contribution in [0.4, 0.5) is 0 Å². The van der Waals surface area contributed by atoms with E-state index in [1.54, 1.807) is 0 Å². The molecule has 0 aromatic rings. The van der Waals surface area contributed by atoms with Crippen molar-refractivity contribution < 1.29 is 75.8 Å². The van der Waals surface area contributed by atoms with E-state index in [0.717, 1.165) is 180 Å². The summed E-state index contributed by atoms with van der Waals surface area (Å²) in [7, 11) is -9.81. The Morgan fingerprint density at radius 3 is 0.860 bits per heavy atom. The number of hydrogen-bond donors (Lipinski definition) is 4. The van der Waals surface area contributed by atoms with Crippen LogP contribution in [0.5, 0.6) is 0 Å². The predicted molar refractivity (Wildman–Crippen MR) is 380 cm³/mol. The summed E-state index contributed by atoms with van der Waals surface area (Å²) in [4.78, 5) is 58.5. The van der Waals surface area contributed by atoms with Gasteiger partial charge in [-0.1, -0.05) is 237 Å². The fourth-order valence-electron chi connectivity index (χ4n) is 8.52. The molecule has 16 nitrogen and oxygen atoms in total. The van der Waals surface area contributed by atoms with Gasteiger partial charge in [-0.25, -0.2) is 9.13 Å². The minimum atomic E-state index is -4.94. The Morgan fingerprint density at radius 1 is 0.301 bits per heavy atom. The molecule has 0 aliphatic carbocycles. The van der Waals surface area contributed by atoms with Crippen molar-refractivity contribution in [1.82, 2.24) is 0 Å². The van der Waals surface area contributed by atoms with Gasteiger partial charge in [0.1, 0.15) is 25.4 Å². The molecule has 0 amide bonds. The molecule has 0 aliphatic heterocycles. The van der Waals surface area contributed by atoms with Crippen LogP contribution in [0.15, 0.2) is 158 Å². The third-order valence-corrected chi connectivity index (χ3v) is 15.6. The van der Waals surface area contributed by atoms with Gasteiger partial charge in [-0.15, -0.1) is 0 Å². The summed E-state index contributed by atoms with van der Waals surface area (Å²) in [6, 6.07) is 0. The van der Waals surface area contributed by atoms with Crippen LogP contribution in [0.25, 0.3) is 0 Å². The maximum absolute atomic E-state index is 13.0. The zero-order valence-corrected chi connectivity index (χ0v) is 58.9. The van der Waals surface area contributed by atoms with Crippen molar-refractivity contribution in [2.45, 2.75) is 257 Å². The van der Waals surface area contributed by atoms with E-state index >= 15 is 0 Å². The SMILES string of the molecule is CC/C=C\C/C=C\C/C=C\C/C=C\C/C=C\CCCCCC(=O)OCC(O)COP(=O)(O)OCC(O)COP(=O)(O)OCC(COC(=O)CCCCCCCC/C=C\C/C=C\C/C=C\C/C=C\CC)OC(=O)CCCCCCCC/C=C\C/C=C\C/C=C\C/C=C\CC. The standard InChI is InChI=1S/C75H122O16P2/c1-4-7-10-13-16-19-22-25-28-31-34-37-40-43-46-49-52-55-58-61-73(78)85-64-70(76)65-87-92(81,82)88-66-71(77)67-89-93(83,84)90-69-72(91-75(80)63-60-57-54-51-48-45-42-39-36-33-30-27-24-21-18-15-12-9-6-3)68-86-74(79)62-59-56-53-50-47-44-41-38-35-32-29-26-23-20-17-14-11-8-5-2/h7-12,16-21,25-30,34-39,43,46,70-72,76-77H,4-6,13-15,22-24,31-33,40-42,44-45,47-69H2,1-3H3,(H,81,82)(H,83,84)/b10-7-,11-8-,12-9-,19-16-,20-17-,21-18-,28-25-,29-26-,30-27-,37-34-,38-35-,39-36-,46-43-. The lowest BCUT2D eigenvalue weighted by Crippen LogP contribution is -2.30. The molecule has 0 aromatic carbocycles. The van der Waals surface area contributed by atoms with Crippen molar-refractivity contribution >= 4 is 33.6 Å². The fourth-order valence-corrected chi connectivity index (χ4v) is 10.1. The lowest BCUT2D eigenvalue weighted by Gasteiger charge is -2.21. The van der Waals surface area contributed by atoms with Crippen LogP contribution in [0.2, 0.25) is 0 Å². The number of rotatable bonds is 64. The van der Waals surface area contributed by atoms with E-state index < -0.39 is 91.5 Å². The van der Waals surface area contributed by atoms with Crippen molar-refractivity contribution in [2.75, 3.05) is 39.6 Å². The zero-order chi connectivity index (χ0) is 68.1. The fraction of sp³-hybridized carbons (Fsp3) is 0.613. The first-order valence-electron chi connectivity index (χ1n) is 34.8. The third-order valence-electron chi connectivity index (χ3n) is 13.7. The zero-order valence-electron chi connectivity index (χ0n) is 57.1. The van der Waals surface area contributed by atoms with E-state index in [2.05, 4.69) is 179 Å². The first-order valence-corrected chi connectivity index (χ1v) is 37.8. The number of ether oxygens (including phenoxy) is 3. The van der Waals surface area contributed by atoms with Gasteiger partial charge in [0.15, 0.2) is 6.10 Å². The van der Waals surface area contributed by atoms with Crippen LogP contribution in [0.3, 0.4) is 0 Å². The van der Waals surface area contributed by atoms with Gasteiger partial charge in [-0.3, -0.25) is 32.5 Å². The highest BCUT2D eigenvalue weighted by Gasteiger charge is 2.29. The number of aliphatic hydroxyl groups is 2. The topological polar surface area (TPSA) is 231 Å². The van der Waals surface area contributed by atoms with Crippen molar-refractivity contribution in [3.8, 4) is 0 Å². The first kappa shape index (κ1) is 88.2. The highest BCUT2D eigenvalue weighted by molar-refractivity contribution is 7.47. The van der Waals surface area contributed by atoms with E-state index in [9.17, 15) is 43.5 Å². The largest absolute Gasteiger partial charge is 0.472 e. The van der Waals surface area contributed by atoms with Crippen LogP contribution >= 0.6 is 15.6 Å². The number of carbonyl (C=O) groups is 3. The Kier molecular flexibility index (Phi) is 63.7. The number of phosphoric ester groups is 2. The van der Waals surface area contributed by atoms with Crippen LogP contribution in [-0.2, 0) is 55.8 Å². The highest BCUT2D eigenvalue weighted by atomic mass is 31.2. The van der Waals surface area contributed by atoms with Crippen molar-refractivity contribution in [2.24, 2.45) is 0 Å². The van der Waals surface area contributed by atoms with E-state index in [0.29, 0.717) is 19.3 Å². The molecule has 5 atom stereocenters. The Bertz CT molecular complexity index is 2320. The second kappa shape index (κ2) is 67.2. The number of hydrogen-bond acceptors (Lipinski definition) is 14. The predicted octanol–water partition coefficient (Wildman–Crippen LogP) is 19.5. The van der Waals surface area contributed by atoms with E-state index in [4.69, 9.17) is 32.3 Å². The molecule has 0 fully saturated rings. The number of allylic oxidation sites excluding steroid dienone is 26. The van der Waals surface area contributed by atoms with E-state index in [1.165, 1.54) is 0 Å². The summed E-state index contributed by atoms with van der Waals surface area (Å²) in [5.41, 5.74) is 0. The van der Waals surface area contributed by atoms with Crippen LogP contribution < -0.4 is 0 Å². The number of aliphatic hydroxyl groups excluding tert-OH is 2. The van der Waals surface area contributed by atoms with Crippen molar-refractivity contribution in [3.05, 3.63) is 158 Å². The molecule has 0 heterocycles.